The van der Waals surface area contributed by atoms with Crippen molar-refractivity contribution in [2.45, 2.75) is 19.4 Å². The Morgan fingerprint density at radius 3 is 2.42 bits per heavy atom. The maximum absolute atomic E-state index is 14.0. The molecule has 0 saturated carbocycles. The van der Waals surface area contributed by atoms with Crippen molar-refractivity contribution in [3.05, 3.63) is 65.2 Å². The third kappa shape index (κ3) is 2.85. The monoisotopic (exact) mass is 356 g/mol. The van der Waals surface area contributed by atoms with Crippen molar-refractivity contribution in [3.8, 4) is 0 Å². The van der Waals surface area contributed by atoms with Gasteiger partial charge in [0, 0.05) is 26.1 Å². The molecule has 2 aromatic rings. The van der Waals surface area contributed by atoms with Gasteiger partial charge in [-0.25, -0.2) is 8.78 Å². The van der Waals surface area contributed by atoms with Crippen LogP contribution in [0, 0.1) is 17.6 Å². The highest BCUT2D eigenvalue weighted by atomic mass is 19.1. The molecule has 134 valence electrons. The number of para-hydroxylation sites is 1. The number of halogens is 2. The molecule has 0 aliphatic carbocycles. The van der Waals surface area contributed by atoms with Gasteiger partial charge in [0.05, 0.1) is 5.92 Å². The van der Waals surface area contributed by atoms with Gasteiger partial charge in [0.15, 0.2) is 0 Å². The molecule has 2 amide bonds. The van der Waals surface area contributed by atoms with Gasteiger partial charge in [-0.1, -0.05) is 30.3 Å². The van der Waals surface area contributed by atoms with Gasteiger partial charge in [0.2, 0.25) is 11.8 Å². The quantitative estimate of drug-likeness (QED) is 0.830. The Morgan fingerprint density at radius 2 is 1.69 bits per heavy atom. The van der Waals surface area contributed by atoms with Crippen molar-refractivity contribution in [2.24, 2.45) is 5.92 Å². The molecule has 0 radical (unpaired) electrons. The van der Waals surface area contributed by atoms with Crippen molar-refractivity contribution in [1.29, 1.82) is 0 Å². The Bertz CT molecular complexity index is 864. The van der Waals surface area contributed by atoms with E-state index >= 15 is 0 Å². The van der Waals surface area contributed by atoms with Crippen LogP contribution in [0.1, 0.15) is 17.5 Å². The summed E-state index contributed by atoms with van der Waals surface area (Å²) in [5.41, 5.74) is 1.97. The molecule has 1 unspecified atom stereocenters. The third-order valence-electron chi connectivity index (χ3n) is 5.12. The van der Waals surface area contributed by atoms with Gasteiger partial charge in [0.25, 0.3) is 0 Å². The predicted octanol–water partition coefficient (Wildman–Crippen LogP) is 2.90. The van der Waals surface area contributed by atoms with Gasteiger partial charge in [0.1, 0.15) is 17.3 Å². The van der Waals surface area contributed by atoms with Crippen LogP contribution < -0.4 is 4.90 Å². The van der Waals surface area contributed by atoms with Crippen molar-refractivity contribution < 1.29 is 18.4 Å². The van der Waals surface area contributed by atoms with Crippen molar-refractivity contribution >= 4 is 17.5 Å². The van der Waals surface area contributed by atoms with Crippen molar-refractivity contribution in [2.75, 3.05) is 18.0 Å². The molecule has 0 bridgehead atoms. The number of hydrogen-bond acceptors (Lipinski definition) is 2. The lowest BCUT2D eigenvalue weighted by atomic mass is 9.98. The molecule has 1 atom stereocenters. The lowest BCUT2D eigenvalue weighted by molar-refractivity contribution is -0.136. The lowest BCUT2D eigenvalue weighted by Gasteiger charge is -2.30. The highest BCUT2D eigenvalue weighted by molar-refractivity contribution is 6.00. The molecular weight excluding hydrogens is 338 g/mol. The number of anilines is 1. The highest BCUT2D eigenvalue weighted by Gasteiger charge is 2.39. The second kappa shape index (κ2) is 6.52. The van der Waals surface area contributed by atoms with Gasteiger partial charge in [-0.05, 0) is 29.7 Å². The van der Waals surface area contributed by atoms with Gasteiger partial charge in [-0.15, -0.1) is 0 Å². The van der Waals surface area contributed by atoms with Crippen LogP contribution in [0.15, 0.2) is 42.5 Å². The Balaban J connectivity index is 1.52. The fourth-order valence-corrected chi connectivity index (χ4v) is 3.78. The summed E-state index contributed by atoms with van der Waals surface area (Å²) in [6.07, 6.45) is 0.749. The van der Waals surface area contributed by atoms with Gasteiger partial charge in [-0.3, -0.25) is 9.59 Å². The Labute approximate surface area is 150 Å². The van der Waals surface area contributed by atoms with Gasteiger partial charge >= 0.3 is 0 Å². The van der Waals surface area contributed by atoms with Crippen molar-refractivity contribution in [1.82, 2.24) is 4.90 Å². The fourth-order valence-electron chi connectivity index (χ4n) is 3.78. The number of amides is 2. The maximum Gasteiger partial charge on any atom is 0.228 e. The zero-order chi connectivity index (χ0) is 18.3. The minimum Gasteiger partial charge on any atom is -0.338 e. The number of hydrogen-bond donors (Lipinski definition) is 0. The highest BCUT2D eigenvalue weighted by Crippen LogP contribution is 2.31. The molecule has 2 aromatic carbocycles. The summed E-state index contributed by atoms with van der Waals surface area (Å²) < 4.78 is 28.0. The summed E-state index contributed by atoms with van der Waals surface area (Å²) in [4.78, 5) is 28.0. The fraction of sp³-hybridized carbons (Fsp3) is 0.300. The molecule has 0 spiro atoms. The first-order valence-electron chi connectivity index (χ1n) is 8.64. The van der Waals surface area contributed by atoms with E-state index in [2.05, 4.69) is 6.07 Å². The number of benzene rings is 2. The van der Waals surface area contributed by atoms with Crippen LogP contribution >= 0.6 is 0 Å². The minimum atomic E-state index is -0.793. The van der Waals surface area contributed by atoms with E-state index < -0.39 is 23.5 Å². The topological polar surface area (TPSA) is 40.6 Å². The number of rotatable bonds is 2. The summed E-state index contributed by atoms with van der Waals surface area (Å²) in [5, 5.41) is 0. The lowest BCUT2D eigenvalue weighted by Crippen LogP contribution is -2.40. The van der Waals surface area contributed by atoms with Crippen LogP contribution in [0.4, 0.5) is 14.5 Å². The van der Waals surface area contributed by atoms with E-state index in [1.807, 2.05) is 18.2 Å². The SMILES string of the molecule is O=C(C1CC(=O)N(c2c(F)cccc2F)C1)N1CCc2ccccc2C1. The van der Waals surface area contributed by atoms with E-state index in [-0.39, 0.29) is 24.6 Å². The number of carbonyl (C=O) groups excluding carboxylic acids is 2. The molecule has 0 N–H and O–H groups in total. The first-order chi connectivity index (χ1) is 12.5. The van der Waals surface area contributed by atoms with E-state index in [0.29, 0.717) is 13.1 Å². The van der Waals surface area contributed by atoms with Crippen LogP contribution in [-0.2, 0) is 22.6 Å². The summed E-state index contributed by atoms with van der Waals surface area (Å²) in [7, 11) is 0. The number of nitrogens with zero attached hydrogens (tertiary/aromatic N) is 2. The van der Waals surface area contributed by atoms with Gasteiger partial charge < -0.3 is 9.80 Å². The second-order valence-corrected chi connectivity index (χ2v) is 6.75. The molecule has 6 heteroatoms. The molecular formula is C20H18F2N2O2. The van der Waals surface area contributed by atoms with E-state index in [0.717, 1.165) is 29.0 Å². The molecule has 4 rings (SSSR count). The average molecular weight is 356 g/mol. The zero-order valence-electron chi connectivity index (χ0n) is 14.1. The summed E-state index contributed by atoms with van der Waals surface area (Å²) >= 11 is 0. The van der Waals surface area contributed by atoms with Gasteiger partial charge in [-0.2, -0.15) is 0 Å². The first-order valence-corrected chi connectivity index (χ1v) is 8.64. The van der Waals surface area contributed by atoms with Crippen LogP contribution in [0.5, 0.6) is 0 Å². The van der Waals surface area contributed by atoms with Crippen LogP contribution in [0.25, 0.3) is 0 Å². The van der Waals surface area contributed by atoms with E-state index in [1.165, 1.54) is 11.6 Å². The Morgan fingerprint density at radius 1 is 1.00 bits per heavy atom. The number of carbonyl (C=O) groups is 2. The largest absolute Gasteiger partial charge is 0.338 e. The Hall–Kier alpha value is -2.76. The predicted molar refractivity (Wildman–Crippen MR) is 92.4 cm³/mol. The Kier molecular flexibility index (Phi) is 4.18. The van der Waals surface area contributed by atoms with E-state index in [1.54, 1.807) is 4.90 Å². The average Bonchev–Trinajstić information content (AvgIpc) is 3.02. The van der Waals surface area contributed by atoms with Crippen LogP contribution in [0.3, 0.4) is 0 Å². The third-order valence-corrected chi connectivity index (χ3v) is 5.12. The van der Waals surface area contributed by atoms with E-state index in [9.17, 15) is 18.4 Å². The molecule has 2 aliphatic rings. The number of fused-ring (bicyclic) bond motifs is 1. The zero-order valence-corrected chi connectivity index (χ0v) is 14.1. The maximum atomic E-state index is 14.0. The van der Waals surface area contributed by atoms with Crippen LogP contribution in [-0.4, -0.2) is 29.8 Å². The van der Waals surface area contributed by atoms with E-state index in [4.69, 9.17) is 0 Å². The molecule has 0 aromatic heterocycles. The normalized spacial score (nSPS) is 19.6. The smallest absolute Gasteiger partial charge is 0.228 e. The molecule has 2 heterocycles. The molecule has 26 heavy (non-hydrogen) atoms. The summed E-state index contributed by atoms with van der Waals surface area (Å²) in [5.74, 6) is -2.72. The summed E-state index contributed by atoms with van der Waals surface area (Å²) in [6, 6.07) is 11.4. The van der Waals surface area contributed by atoms with Crippen LogP contribution in [0.2, 0.25) is 0 Å². The molecule has 2 aliphatic heterocycles. The van der Waals surface area contributed by atoms with Crippen molar-refractivity contribution in [3.63, 3.8) is 0 Å². The standard InChI is InChI=1S/C20H18F2N2O2/c21-16-6-3-7-17(22)19(16)24-12-15(10-18(24)25)20(26)23-9-8-13-4-1-2-5-14(13)11-23/h1-7,15H,8-12H2. The molecule has 1 saturated heterocycles. The first kappa shape index (κ1) is 16.7. The molecule has 1 fully saturated rings. The summed E-state index contributed by atoms with van der Waals surface area (Å²) in [6.45, 7) is 1.11. The molecule has 4 nitrogen and oxygen atoms in total. The minimum absolute atomic E-state index is 0.00761. The second-order valence-electron chi connectivity index (χ2n) is 6.75.